The van der Waals surface area contributed by atoms with Crippen molar-refractivity contribution in [1.29, 1.82) is 0 Å². The van der Waals surface area contributed by atoms with Gasteiger partial charge in [0.25, 0.3) is 5.91 Å². The first-order valence-corrected chi connectivity index (χ1v) is 6.96. The number of carbonyl (C=O) groups excluding carboxylic acids is 2. The molecule has 0 heterocycles. The molecule has 122 valence electrons. The number of hydrogen-bond donors (Lipinski definition) is 5. The number of nitrogens with one attached hydrogen (secondary N) is 2. The van der Waals surface area contributed by atoms with E-state index in [4.69, 9.17) is 0 Å². The highest BCUT2D eigenvalue weighted by Gasteiger charge is 2.13. The minimum atomic E-state index is -0.678. The lowest BCUT2D eigenvalue weighted by molar-refractivity contribution is 0.0952. The molecule has 0 fully saturated rings. The largest absolute Gasteiger partial charge is 0.504 e. The zero-order valence-corrected chi connectivity index (χ0v) is 12.6. The summed E-state index contributed by atoms with van der Waals surface area (Å²) in [6, 6.07) is 1.87. The predicted octanol–water partition coefficient (Wildman–Crippen LogP) is 0.585. The molecule has 8 heteroatoms. The molecular weight excluding hydrogens is 290 g/mol. The van der Waals surface area contributed by atoms with E-state index >= 15 is 0 Å². The van der Waals surface area contributed by atoms with E-state index < -0.39 is 23.2 Å². The van der Waals surface area contributed by atoms with Crippen molar-refractivity contribution in [2.75, 3.05) is 26.2 Å². The first kappa shape index (κ1) is 17.4. The Balaban J connectivity index is 2.46. The average Bonchev–Trinajstić information content (AvgIpc) is 2.49. The van der Waals surface area contributed by atoms with E-state index in [1.165, 1.54) is 0 Å². The SMILES string of the molecule is CCN(CC)C(=O)NCCNC(=O)c1cc(O)c(O)c(O)c1. The standard InChI is InChI=1S/C14H21N3O5/c1-3-17(4-2)14(22)16-6-5-15-13(21)9-7-10(18)12(20)11(19)8-9/h7-8,18-20H,3-6H2,1-2H3,(H,15,21)(H,16,22). The Morgan fingerprint density at radius 2 is 1.50 bits per heavy atom. The Bertz CT molecular complexity index is 520. The van der Waals surface area contributed by atoms with Crippen molar-refractivity contribution in [3.05, 3.63) is 17.7 Å². The van der Waals surface area contributed by atoms with Gasteiger partial charge in [-0.05, 0) is 26.0 Å². The molecular formula is C14H21N3O5. The smallest absolute Gasteiger partial charge is 0.317 e. The first-order valence-electron chi connectivity index (χ1n) is 6.96. The molecule has 0 saturated carbocycles. The summed E-state index contributed by atoms with van der Waals surface area (Å²) in [7, 11) is 0. The van der Waals surface area contributed by atoms with Gasteiger partial charge >= 0.3 is 6.03 Å². The average molecular weight is 311 g/mol. The van der Waals surface area contributed by atoms with Crippen LogP contribution in [0, 0.1) is 0 Å². The summed E-state index contributed by atoms with van der Waals surface area (Å²) in [4.78, 5) is 25.1. The van der Waals surface area contributed by atoms with Crippen LogP contribution in [0.15, 0.2) is 12.1 Å². The second kappa shape index (κ2) is 7.96. The van der Waals surface area contributed by atoms with Crippen LogP contribution < -0.4 is 10.6 Å². The third kappa shape index (κ3) is 4.44. The van der Waals surface area contributed by atoms with Crippen LogP contribution in [0.1, 0.15) is 24.2 Å². The van der Waals surface area contributed by atoms with Gasteiger partial charge in [-0.15, -0.1) is 0 Å². The number of nitrogens with zero attached hydrogens (tertiary/aromatic N) is 1. The Kier molecular flexibility index (Phi) is 6.30. The number of urea groups is 1. The van der Waals surface area contributed by atoms with E-state index in [2.05, 4.69) is 10.6 Å². The number of phenols is 3. The molecule has 1 aromatic carbocycles. The van der Waals surface area contributed by atoms with Gasteiger partial charge in [-0.25, -0.2) is 4.79 Å². The molecule has 0 spiro atoms. The van der Waals surface area contributed by atoms with Gasteiger partial charge in [0.15, 0.2) is 17.2 Å². The summed E-state index contributed by atoms with van der Waals surface area (Å²) in [5.41, 5.74) is 0.00266. The topological polar surface area (TPSA) is 122 Å². The second-order valence-electron chi connectivity index (χ2n) is 4.52. The minimum Gasteiger partial charge on any atom is -0.504 e. The molecule has 0 unspecified atom stereocenters. The Hall–Kier alpha value is -2.64. The summed E-state index contributed by atoms with van der Waals surface area (Å²) in [5, 5.41) is 33.1. The van der Waals surface area contributed by atoms with Crippen LogP contribution in [0.3, 0.4) is 0 Å². The van der Waals surface area contributed by atoms with Crippen LogP contribution in [-0.4, -0.2) is 58.3 Å². The van der Waals surface area contributed by atoms with Crippen LogP contribution in [0.5, 0.6) is 17.2 Å². The molecule has 0 saturated heterocycles. The lowest BCUT2D eigenvalue weighted by atomic mass is 10.1. The predicted molar refractivity (Wildman–Crippen MR) is 80.1 cm³/mol. The summed E-state index contributed by atoms with van der Waals surface area (Å²) in [5.74, 6) is -2.38. The highest BCUT2D eigenvalue weighted by atomic mass is 16.3. The van der Waals surface area contributed by atoms with E-state index in [0.717, 1.165) is 12.1 Å². The Morgan fingerprint density at radius 3 is 2.00 bits per heavy atom. The van der Waals surface area contributed by atoms with Crippen LogP contribution in [0.4, 0.5) is 4.79 Å². The molecule has 0 radical (unpaired) electrons. The van der Waals surface area contributed by atoms with Crippen molar-refractivity contribution in [1.82, 2.24) is 15.5 Å². The molecule has 1 aromatic rings. The normalized spacial score (nSPS) is 10.1. The van der Waals surface area contributed by atoms with E-state index in [1.54, 1.807) is 4.90 Å². The van der Waals surface area contributed by atoms with Crippen molar-refractivity contribution in [2.45, 2.75) is 13.8 Å². The third-order valence-corrected chi connectivity index (χ3v) is 3.07. The van der Waals surface area contributed by atoms with Gasteiger partial charge in [-0.2, -0.15) is 0 Å². The zero-order valence-electron chi connectivity index (χ0n) is 12.6. The van der Waals surface area contributed by atoms with Crippen molar-refractivity contribution in [2.24, 2.45) is 0 Å². The van der Waals surface area contributed by atoms with Crippen LogP contribution in [-0.2, 0) is 0 Å². The van der Waals surface area contributed by atoms with Gasteiger partial charge in [-0.3, -0.25) is 4.79 Å². The molecule has 0 aliphatic carbocycles. The van der Waals surface area contributed by atoms with Crippen molar-refractivity contribution in [3.8, 4) is 17.2 Å². The Labute approximate surface area is 128 Å². The highest BCUT2D eigenvalue weighted by Crippen LogP contribution is 2.35. The van der Waals surface area contributed by atoms with Crippen LogP contribution >= 0.6 is 0 Å². The maximum Gasteiger partial charge on any atom is 0.317 e. The monoisotopic (exact) mass is 311 g/mol. The molecule has 0 aliphatic rings. The fourth-order valence-electron chi connectivity index (χ4n) is 1.81. The third-order valence-electron chi connectivity index (χ3n) is 3.07. The maximum absolute atomic E-state index is 11.8. The van der Waals surface area contributed by atoms with E-state index in [-0.39, 0.29) is 24.7 Å². The second-order valence-corrected chi connectivity index (χ2v) is 4.52. The number of benzene rings is 1. The molecule has 5 N–H and O–H groups in total. The quantitative estimate of drug-likeness (QED) is 0.389. The zero-order chi connectivity index (χ0) is 16.7. The molecule has 0 aliphatic heterocycles. The first-order chi connectivity index (χ1) is 10.4. The summed E-state index contributed by atoms with van der Waals surface area (Å²) < 4.78 is 0. The lowest BCUT2D eigenvalue weighted by Crippen LogP contribution is -2.42. The van der Waals surface area contributed by atoms with E-state index in [1.807, 2.05) is 13.8 Å². The number of hydrogen-bond acceptors (Lipinski definition) is 5. The molecule has 0 aromatic heterocycles. The number of carbonyl (C=O) groups is 2. The number of phenolic OH excluding ortho intramolecular Hbond substituents is 3. The molecule has 8 nitrogen and oxygen atoms in total. The molecule has 3 amide bonds. The minimum absolute atomic E-state index is 0.00266. The fraction of sp³-hybridized carbons (Fsp3) is 0.429. The molecule has 0 bridgehead atoms. The van der Waals surface area contributed by atoms with Crippen LogP contribution in [0.25, 0.3) is 0 Å². The van der Waals surface area contributed by atoms with Gasteiger partial charge in [0.1, 0.15) is 0 Å². The van der Waals surface area contributed by atoms with E-state index in [9.17, 15) is 24.9 Å². The van der Waals surface area contributed by atoms with Crippen LogP contribution in [0.2, 0.25) is 0 Å². The van der Waals surface area contributed by atoms with Gasteiger partial charge < -0.3 is 30.9 Å². The van der Waals surface area contributed by atoms with E-state index in [0.29, 0.717) is 13.1 Å². The lowest BCUT2D eigenvalue weighted by Gasteiger charge is -2.19. The summed E-state index contributed by atoms with van der Waals surface area (Å²) >= 11 is 0. The van der Waals surface area contributed by atoms with Gasteiger partial charge in [0.2, 0.25) is 0 Å². The van der Waals surface area contributed by atoms with Gasteiger partial charge in [-0.1, -0.05) is 0 Å². The fourth-order valence-corrected chi connectivity index (χ4v) is 1.81. The van der Waals surface area contributed by atoms with Crippen molar-refractivity contribution in [3.63, 3.8) is 0 Å². The van der Waals surface area contributed by atoms with Crippen molar-refractivity contribution < 1.29 is 24.9 Å². The molecule has 22 heavy (non-hydrogen) atoms. The van der Waals surface area contributed by atoms with Gasteiger partial charge in [0.05, 0.1) is 0 Å². The summed E-state index contributed by atoms with van der Waals surface area (Å²) in [6.07, 6.45) is 0. The van der Waals surface area contributed by atoms with Crippen molar-refractivity contribution >= 4 is 11.9 Å². The summed E-state index contributed by atoms with van der Waals surface area (Å²) in [6.45, 7) is 5.37. The Morgan fingerprint density at radius 1 is 1.00 bits per heavy atom. The number of rotatable bonds is 6. The highest BCUT2D eigenvalue weighted by molar-refractivity contribution is 5.95. The number of aromatic hydroxyl groups is 3. The van der Waals surface area contributed by atoms with Gasteiger partial charge in [0, 0.05) is 31.7 Å². The number of amides is 3. The molecule has 1 rings (SSSR count). The maximum atomic E-state index is 11.8. The molecule has 0 atom stereocenters.